The Hall–Kier alpha value is -2.05. The summed E-state index contributed by atoms with van der Waals surface area (Å²) in [6.07, 6.45) is 0. The molecule has 0 saturated carbocycles. The molecule has 3 aromatic rings. The van der Waals surface area contributed by atoms with E-state index in [0.717, 1.165) is 15.3 Å². The lowest BCUT2D eigenvalue weighted by Crippen LogP contribution is -2.13. The van der Waals surface area contributed by atoms with Crippen LogP contribution < -0.4 is 0 Å². The highest BCUT2D eigenvalue weighted by atomic mass is 35.5. The third kappa shape index (κ3) is 2.93. The molecule has 22 heavy (non-hydrogen) atoms. The van der Waals surface area contributed by atoms with E-state index in [4.69, 9.17) is 11.6 Å². The zero-order valence-electron chi connectivity index (χ0n) is 12.1. The molecular formula is C15H13ClN4OS. The van der Waals surface area contributed by atoms with Crippen molar-refractivity contribution in [2.24, 2.45) is 0 Å². The van der Waals surface area contributed by atoms with E-state index in [9.17, 15) is 4.79 Å². The number of aryl methyl sites for hydroxylation is 2. The first-order chi connectivity index (χ1) is 10.5. The van der Waals surface area contributed by atoms with Crippen molar-refractivity contribution in [3.63, 3.8) is 0 Å². The molecule has 0 aliphatic heterocycles. The number of benzene rings is 1. The van der Waals surface area contributed by atoms with Crippen molar-refractivity contribution < 1.29 is 4.79 Å². The van der Waals surface area contributed by atoms with E-state index in [0.29, 0.717) is 16.4 Å². The largest absolute Gasteiger partial charge is 0.292 e. The highest BCUT2D eigenvalue weighted by molar-refractivity contribution is 7.12. The predicted octanol–water partition coefficient (Wildman–Crippen LogP) is 3.55. The van der Waals surface area contributed by atoms with Crippen LogP contribution in [0.5, 0.6) is 0 Å². The number of halogens is 1. The molecule has 0 bridgehead atoms. The zero-order valence-corrected chi connectivity index (χ0v) is 13.6. The van der Waals surface area contributed by atoms with Crippen LogP contribution in [0, 0.1) is 13.8 Å². The van der Waals surface area contributed by atoms with Crippen LogP contribution in [0.15, 0.2) is 30.3 Å². The SMILES string of the molecule is Cc1cc(C(=O)Cn2nnc(-c3ccccc3Cl)n2)c(C)s1. The molecular weight excluding hydrogens is 320 g/mol. The standard InChI is InChI=1S/C15H13ClN4OS/c1-9-7-12(10(2)22-9)14(21)8-20-18-15(17-19-20)11-5-3-4-6-13(11)16/h3-7H,8H2,1-2H3. The molecule has 0 radical (unpaired) electrons. The fourth-order valence-electron chi connectivity index (χ4n) is 2.18. The lowest BCUT2D eigenvalue weighted by atomic mass is 10.1. The van der Waals surface area contributed by atoms with Gasteiger partial charge >= 0.3 is 0 Å². The van der Waals surface area contributed by atoms with Gasteiger partial charge in [0.05, 0.1) is 5.02 Å². The van der Waals surface area contributed by atoms with Gasteiger partial charge < -0.3 is 0 Å². The van der Waals surface area contributed by atoms with Crippen molar-refractivity contribution in [2.45, 2.75) is 20.4 Å². The highest BCUT2D eigenvalue weighted by Gasteiger charge is 2.15. The van der Waals surface area contributed by atoms with Crippen LogP contribution in [0.1, 0.15) is 20.1 Å². The second-order valence-corrected chi connectivity index (χ2v) is 6.74. The Morgan fingerprint density at radius 2 is 2.09 bits per heavy atom. The Labute approximate surface area is 136 Å². The first-order valence-corrected chi connectivity index (χ1v) is 7.87. The summed E-state index contributed by atoms with van der Waals surface area (Å²) in [5.41, 5.74) is 1.42. The number of Topliss-reactive ketones (excluding diaryl/α,β-unsaturated/α-hetero) is 1. The molecule has 0 spiro atoms. The molecule has 0 fully saturated rings. The Morgan fingerprint density at radius 3 is 2.77 bits per heavy atom. The number of ketones is 1. The minimum absolute atomic E-state index is 0.0232. The van der Waals surface area contributed by atoms with Gasteiger partial charge in [0.15, 0.2) is 5.78 Å². The Kier molecular flexibility index (Phi) is 4.04. The van der Waals surface area contributed by atoms with Gasteiger partial charge in [-0.1, -0.05) is 23.7 Å². The third-order valence-corrected chi connectivity index (χ3v) is 4.49. The number of nitrogens with zero attached hydrogens (tertiary/aromatic N) is 4. The molecule has 0 N–H and O–H groups in total. The summed E-state index contributed by atoms with van der Waals surface area (Å²) in [4.78, 5) is 15.7. The maximum Gasteiger partial charge on any atom is 0.206 e. The first-order valence-electron chi connectivity index (χ1n) is 6.67. The van der Waals surface area contributed by atoms with Gasteiger partial charge in [-0.15, -0.1) is 21.5 Å². The van der Waals surface area contributed by atoms with Crippen LogP contribution in [0.2, 0.25) is 5.02 Å². The zero-order chi connectivity index (χ0) is 15.7. The van der Waals surface area contributed by atoms with Gasteiger partial charge in [0, 0.05) is 20.9 Å². The molecule has 0 atom stereocenters. The predicted molar refractivity (Wildman–Crippen MR) is 86.4 cm³/mol. The number of hydrogen-bond donors (Lipinski definition) is 0. The third-order valence-electron chi connectivity index (χ3n) is 3.19. The number of tetrazole rings is 1. The molecule has 2 aromatic heterocycles. The Morgan fingerprint density at radius 1 is 1.32 bits per heavy atom. The number of carbonyl (C=O) groups is 1. The normalized spacial score (nSPS) is 10.9. The topological polar surface area (TPSA) is 60.7 Å². The van der Waals surface area contributed by atoms with Crippen molar-refractivity contribution >= 4 is 28.7 Å². The molecule has 0 unspecified atom stereocenters. The molecule has 0 saturated heterocycles. The second kappa shape index (κ2) is 5.98. The van der Waals surface area contributed by atoms with Gasteiger partial charge in [0.2, 0.25) is 5.82 Å². The number of rotatable bonds is 4. The fraction of sp³-hybridized carbons (Fsp3) is 0.200. The monoisotopic (exact) mass is 332 g/mol. The van der Waals surface area contributed by atoms with E-state index in [1.54, 1.807) is 17.4 Å². The molecule has 3 rings (SSSR count). The maximum atomic E-state index is 12.3. The van der Waals surface area contributed by atoms with E-state index in [1.165, 1.54) is 4.80 Å². The lowest BCUT2D eigenvalue weighted by Gasteiger charge is -1.99. The second-order valence-electron chi connectivity index (χ2n) is 4.87. The van der Waals surface area contributed by atoms with E-state index in [-0.39, 0.29) is 12.3 Å². The molecule has 7 heteroatoms. The van der Waals surface area contributed by atoms with Gasteiger partial charge in [-0.3, -0.25) is 4.79 Å². The van der Waals surface area contributed by atoms with Crippen LogP contribution in [0.3, 0.4) is 0 Å². The molecule has 5 nitrogen and oxygen atoms in total. The van der Waals surface area contributed by atoms with Crippen LogP contribution in [0.25, 0.3) is 11.4 Å². The summed E-state index contributed by atoms with van der Waals surface area (Å²) in [6.45, 7) is 3.99. The summed E-state index contributed by atoms with van der Waals surface area (Å²) in [5, 5.41) is 12.7. The molecule has 0 amide bonds. The van der Waals surface area contributed by atoms with Gasteiger partial charge in [-0.2, -0.15) is 4.80 Å². The van der Waals surface area contributed by atoms with Crippen LogP contribution in [-0.4, -0.2) is 26.0 Å². The van der Waals surface area contributed by atoms with Gasteiger partial charge in [0.25, 0.3) is 0 Å². The molecule has 2 heterocycles. The van der Waals surface area contributed by atoms with E-state index < -0.39 is 0 Å². The molecule has 0 aliphatic rings. The highest BCUT2D eigenvalue weighted by Crippen LogP contribution is 2.24. The lowest BCUT2D eigenvalue weighted by molar-refractivity contribution is 0.0961. The van der Waals surface area contributed by atoms with Crippen molar-refractivity contribution in [2.75, 3.05) is 0 Å². The smallest absolute Gasteiger partial charge is 0.206 e. The first kappa shape index (κ1) is 14.9. The van der Waals surface area contributed by atoms with Crippen LogP contribution in [-0.2, 0) is 6.54 Å². The van der Waals surface area contributed by atoms with Gasteiger partial charge in [-0.25, -0.2) is 0 Å². The van der Waals surface area contributed by atoms with Gasteiger partial charge in [0.1, 0.15) is 6.54 Å². The minimum atomic E-state index is -0.0232. The molecule has 0 aliphatic carbocycles. The van der Waals surface area contributed by atoms with Crippen LogP contribution >= 0.6 is 22.9 Å². The fourth-order valence-corrected chi connectivity index (χ4v) is 3.34. The van der Waals surface area contributed by atoms with Crippen molar-refractivity contribution in [1.82, 2.24) is 20.2 Å². The van der Waals surface area contributed by atoms with Crippen molar-refractivity contribution in [3.05, 3.63) is 50.7 Å². The Balaban J connectivity index is 1.82. The van der Waals surface area contributed by atoms with E-state index >= 15 is 0 Å². The van der Waals surface area contributed by atoms with Crippen LogP contribution in [0.4, 0.5) is 0 Å². The van der Waals surface area contributed by atoms with E-state index in [1.807, 2.05) is 38.1 Å². The van der Waals surface area contributed by atoms with Gasteiger partial charge in [-0.05, 0) is 37.3 Å². The number of aromatic nitrogens is 4. The number of hydrogen-bond acceptors (Lipinski definition) is 5. The average Bonchev–Trinajstić information content (AvgIpc) is 3.06. The summed E-state index contributed by atoms with van der Waals surface area (Å²) >= 11 is 7.72. The summed E-state index contributed by atoms with van der Waals surface area (Å²) in [6, 6.07) is 9.17. The number of thiophene rings is 1. The summed E-state index contributed by atoms with van der Waals surface area (Å²) in [5.74, 6) is 0.390. The number of carbonyl (C=O) groups excluding carboxylic acids is 1. The maximum absolute atomic E-state index is 12.3. The van der Waals surface area contributed by atoms with Crippen molar-refractivity contribution in [1.29, 1.82) is 0 Å². The quantitative estimate of drug-likeness (QED) is 0.685. The average molecular weight is 333 g/mol. The molecule has 1 aromatic carbocycles. The van der Waals surface area contributed by atoms with Crippen molar-refractivity contribution in [3.8, 4) is 11.4 Å². The Bertz CT molecular complexity index is 840. The molecule has 112 valence electrons. The van der Waals surface area contributed by atoms with E-state index in [2.05, 4.69) is 15.4 Å². The summed E-state index contributed by atoms with van der Waals surface area (Å²) < 4.78 is 0. The minimum Gasteiger partial charge on any atom is -0.292 e. The summed E-state index contributed by atoms with van der Waals surface area (Å²) in [7, 11) is 0.